The fourth-order valence-electron chi connectivity index (χ4n) is 0.725. The zero-order chi connectivity index (χ0) is 8.43. The molecular formula is C7H9BrO2S. The molecule has 1 aromatic rings. The number of hydrogen-bond donors (Lipinski definition) is 2. The van der Waals surface area contributed by atoms with Crippen LogP contribution in [0.4, 0.5) is 0 Å². The molecule has 0 amide bonds. The number of thiophene rings is 1. The summed E-state index contributed by atoms with van der Waals surface area (Å²) in [4.78, 5) is 0.784. The van der Waals surface area contributed by atoms with Gasteiger partial charge in [-0.2, -0.15) is 0 Å². The van der Waals surface area contributed by atoms with E-state index < -0.39 is 12.2 Å². The molecule has 0 radical (unpaired) electrons. The Labute approximate surface area is 77.6 Å². The summed E-state index contributed by atoms with van der Waals surface area (Å²) >= 11 is 4.71. The summed E-state index contributed by atoms with van der Waals surface area (Å²) < 4.78 is 0.965. The van der Waals surface area contributed by atoms with Crippen LogP contribution < -0.4 is 0 Å². The van der Waals surface area contributed by atoms with Gasteiger partial charge in [0.2, 0.25) is 0 Å². The van der Waals surface area contributed by atoms with Gasteiger partial charge in [-0.3, -0.25) is 0 Å². The van der Waals surface area contributed by atoms with Crippen LogP contribution in [0, 0.1) is 0 Å². The van der Waals surface area contributed by atoms with Crippen molar-refractivity contribution in [1.82, 2.24) is 0 Å². The smallest absolute Gasteiger partial charge is 0.114 e. The first-order valence-corrected chi connectivity index (χ1v) is 4.83. The van der Waals surface area contributed by atoms with Gasteiger partial charge in [-0.25, -0.2) is 0 Å². The van der Waals surface area contributed by atoms with Crippen LogP contribution in [0.1, 0.15) is 17.9 Å². The fraction of sp³-hybridized carbons (Fsp3) is 0.429. The van der Waals surface area contributed by atoms with Gasteiger partial charge in [-0.1, -0.05) is 0 Å². The minimum atomic E-state index is -0.758. The molecule has 0 bridgehead atoms. The molecule has 0 saturated heterocycles. The molecule has 62 valence electrons. The van der Waals surface area contributed by atoms with Crippen LogP contribution in [-0.2, 0) is 0 Å². The van der Waals surface area contributed by atoms with E-state index in [2.05, 4.69) is 15.9 Å². The first-order chi connectivity index (χ1) is 5.11. The van der Waals surface area contributed by atoms with Gasteiger partial charge in [0, 0.05) is 4.88 Å². The molecule has 11 heavy (non-hydrogen) atoms. The number of hydrogen-bond acceptors (Lipinski definition) is 3. The quantitative estimate of drug-likeness (QED) is 0.824. The lowest BCUT2D eigenvalue weighted by Gasteiger charge is -2.10. The molecule has 0 aliphatic carbocycles. The summed E-state index contributed by atoms with van der Waals surface area (Å²) in [6.45, 7) is 1.57. The first-order valence-electron chi connectivity index (χ1n) is 3.22. The second-order valence-corrected chi connectivity index (χ2v) is 4.82. The molecule has 0 saturated carbocycles. The summed E-state index contributed by atoms with van der Waals surface area (Å²) in [7, 11) is 0. The van der Waals surface area contributed by atoms with Crippen molar-refractivity contribution in [3.8, 4) is 0 Å². The predicted molar refractivity (Wildman–Crippen MR) is 48.7 cm³/mol. The summed E-state index contributed by atoms with van der Waals surface area (Å²) in [5.74, 6) is 0. The molecule has 4 heteroatoms. The van der Waals surface area contributed by atoms with Crippen molar-refractivity contribution in [2.75, 3.05) is 0 Å². The maximum Gasteiger partial charge on any atom is 0.114 e. The van der Waals surface area contributed by atoms with E-state index in [-0.39, 0.29) is 0 Å². The van der Waals surface area contributed by atoms with Crippen LogP contribution >= 0.6 is 27.3 Å². The molecule has 0 aromatic carbocycles. The minimum absolute atomic E-state index is 0.708. The van der Waals surface area contributed by atoms with E-state index >= 15 is 0 Å². The van der Waals surface area contributed by atoms with Crippen LogP contribution in [0.15, 0.2) is 15.9 Å². The van der Waals surface area contributed by atoms with Gasteiger partial charge < -0.3 is 10.2 Å². The normalized spacial score (nSPS) is 16.4. The van der Waals surface area contributed by atoms with Crippen LogP contribution in [-0.4, -0.2) is 16.3 Å². The maximum atomic E-state index is 9.35. The molecule has 1 aromatic heterocycles. The van der Waals surface area contributed by atoms with Crippen LogP contribution in [0.3, 0.4) is 0 Å². The Morgan fingerprint density at radius 2 is 2.09 bits per heavy atom. The lowest BCUT2D eigenvalue weighted by Crippen LogP contribution is -2.11. The number of halogens is 1. The highest BCUT2D eigenvalue weighted by Crippen LogP contribution is 2.28. The van der Waals surface area contributed by atoms with Crippen molar-refractivity contribution in [1.29, 1.82) is 0 Å². The molecule has 2 atom stereocenters. The number of aliphatic hydroxyl groups excluding tert-OH is 2. The van der Waals surface area contributed by atoms with Crippen LogP contribution in [0.5, 0.6) is 0 Å². The molecule has 2 N–H and O–H groups in total. The molecule has 0 aliphatic heterocycles. The highest BCUT2D eigenvalue weighted by molar-refractivity contribution is 9.11. The highest BCUT2D eigenvalue weighted by Gasteiger charge is 2.14. The summed E-state index contributed by atoms with van der Waals surface area (Å²) in [5.41, 5.74) is 0. The Morgan fingerprint density at radius 3 is 2.45 bits per heavy atom. The first kappa shape index (κ1) is 9.19. The van der Waals surface area contributed by atoms with Gasteiger partial charge in [0.1, 0.15) is 6.10 Å². The standard InChI is InChI=1S/C7H9BrO2S/c1-4(9)7(10)5-2-3-6(8)11-5/h2-4,7,9-10H,1H3. The number of aliphatic hydroxyl groups is 2. The zero-order valence-corrected chi connectivity index (χ0v) is 8.39. The third-order valence-corrected chi connectivity index (χ3v) is 3.04. The molecule has 0 aliphatic rings. The molecule has 1 rings (SSSR count). The van der Waals surface area contributed by atoms with Crippen LogP contribution in [0.25, 0.3) is 0 Å². The molecular weight excluding hydrogens is 228 g/mol. The minimum Gasteiger partial charge on any atom is -0.390 e. The monoisotopic (exact) mass is 236 g/mol. The fourth-order valence-corrected chi connectivity index (χ4v) is 2.23. The van der Waals surface area contributed by atoms with Gasteiger partial charge in [-0.15, -0.1) is 11.3 Å². The Kier molecular flexibility index (Phi) is 3.06. The molecule has 0 fully saturated rings. The van der Waals surface area contributed by atoms with E-state index in [1.807, 2.05) is 6.07 Å². The van der Waals surface area contributed by atoms with E-state index in [0.717, 1.165) is 8.66 Å². The third kappa shape index (κ3) is 2.27. The van der Waals surface area contributed by atoms with Gasteiger partial charge in [0.05, 0.1) is 9.89 Å². The lowest BCUT2D eigenvalue weighted by molar-refractivity contribution is 0.0328. The highest BCUT2D eigenvalue weighted by atomic mass is 79.9. The SMILES string of the molecule is CC(O)C(O)c1ccc(Br)s1. The second-order valence-electron chi connectivity index (χ2n) is 2.33. The molecule has 0 spiro atoms. The van der Waals surface area contributed by atoms with E-state index in [9.17, 15) is 5.11 Å². The predicted octanol–water partition coefficient (Wildman–Crippen LogP) is 1.92. The Balaban J connectivity index is 2.76. The average Bonchev–Trinajstić information content (AvgIpc) is 2.34. The Morgan fingerprint density at radius 1 is 1.45 bits per heavy atom. The number of rotatable bonds is 2. The molecule has 2 nitrogen and oxygen atoms in total. The van der Waals surface area contributed by atoms with E-state index in [0.29, 0.717) is 0 Å². The van der Waals surface area contributed by atoms with Gasteiger partial charge >= 0.3 is 0 Å². The van der Waals surface area contributed by atoms with Crippen molar-refractivity contribution >= 4 is 27.3 Å². The third-order valence-electron chi connectivity index (χ3n) is 1.34. The summed E-state index contributed by atoms with van der Waals surface area (Å²) in [6, 6.07) is 3.65. The lowest BCUT2D eigenvalue weighted by atomic mass is 10.2. The van der Waals surface area contributed by atoms with E-state index in [1.165, 1.54) is 11.3 Å². The van der Waals surface area contributed by atoms with Gasteiger partial charge in [0.15, 0.2) is 0 Å². The maximum absolute atomic E-state index is 9.35. The molecule has 1 heterocycles. The van der Waals surface area contributed by atoms with Crippen molar-refractivity contribution in [2.24, 2.45) is 0 Å². The van der Waals surface area contributed by atoms with Crippen molar-refractivity contribution < 1.29 is 10.2 Å². The largest absolute Gasteiger partial charge is 0.390 e. The zero-order valence-electron chi connectivity index (χ0n) is 5.99. The second kappa shape index (κ2) is 3.67. The van der Waals surface area contributed by atoms with Crippen molar-refractivity contribution in [3.05, 3.63) is 20.8 Å². The van der Waals surface area contributed by atoms with Crippen molar-refractivity contribution in [2.45, 2.75) is 19.1 Å². The Hall–Kier alpha value is 0.1000. The topological polar surface area (TPSA) is 40.5 Å². The Bertz CT molecular complexity index is 234. The average molecular weight is 237 g/mol. The summed E-state index contributed by atoms with van der Waals surface area (Å²) in [5, 5.41) is 18.4. The van der Waals surface area contributed by atoms with Crippen molar-refractivity contribution in [3.63, 3.8) is 0 Å². The van der Waals surface area contributed by atoms with Gasteiger partial charge in [0.25, 0.3) is 0 Å². The summed E-state index contributed by atoms with van der Waals surface area (Å²) in [6.07, 6.45) is -1.47. The van der Waals surface area contributed by atoms with E-state index in [1.54, 1.807) is 13.0 Å². The van der Waals surface area contributed by atoms with E-state index in [4.69, 9.17) is 5.11 Å². The van der Waals surface area contributed by atoms with Gasteiger partial charge in [-0.05, 0) is 35.0 Å². The molecule has 2 unspecified atom stereocenters. The van der Waals surface area contributed by atoms with Crippen LogP contribution in [0.2, 0.25) is 0 Å².